The van der Waals surface area contributed by atoms with Crippen LogP contribution >= 0.6 is 0 Å². The van der Waals surface area contributed by atoms with E-state index in [4.69, 9.17) is 0 Å². The number of benzene rings is 2. The molecule has 3 aromatic rings. The van der Waals surface area contributed by atoms with Gasteiger partial charge in [-0.05, 0) is 18.2 Å². The Morgan fingerprint density at radius 1 is 1.21 bits per heavy atom. The van der Waals surface area contributed by atoms with Crippen molar-refractivity contribution in [3.8, 4) is 11.3 Å². The second-order valence-corrected chi connectivity index (χ2v) is 4.07. The average molecular weight is 257 g/mol. The van der Waals surface area contributed by atoms with Crippen LogP contribution in [0.25, 0.3) is 22.2 Å². The highest BCUT2D eigenvalue weighted by Gasteiger charge is 2.13. The normalized spacial score (nSPS) is 10.8. The zero-order chi connectivity index (χ0) is 13.4. The maximum Gasteiger partial charge on any atom is 0.270 e. The van der Waals surface area contributed by atoms with Gasteiger partial charge in [0.1, 0.15) is 11.5 Å². The number of hydrogen-bond donors (Lipinski definition) is 1. The molecule has 0 fully saturated rings. The monoisotopic (exact) mass is 257 g/mol. The van der Waals surface area contributed by atoms with Crippen molar-refractivity contribution in [1.29, 1.82) is 0 Å². The minimum atomic E-state index is -0.470. The van der Waals surface area contributed by atoms with Crippen molar-refractivity contribution < 1.29 is 9.31 Å². The SMILES string of the molecule is O=[N+]([O-])c1ccc2[nH]nc(-c3cccc(F)c3)c2c1. The molecular weight excluding hydrogens is 249 g/mol. The Bertz CT molecular complexity index is 782. The molecule has 0 saturated carbocycles. The van der Waals surface area contributed by atoms with E-state index in [1.807, 2.05) is 0 Å². The third kappa shape index (κ3) is 1.93. The molecule has 94 valence electrons. The largest absolute Gasteiger partial charge is 0.277 e. The maximum absolute atomic E-state index is 13.2. The van der Waals surface area contributed by atoms with Gasteiger partial charge < -0.3 is 0 Å². The molecule has 1 N–H and O–H groups in total. The van der Waals surface area contributed by atoms with E-state index in [1.165, 1.54) is 24.3 Å². The Hall–Kier alpha value is -2.76. The number of nitrogens with one attached hydrogen (secondary N) is 1. The van der Waals surface area contributed by atoms with Gasteiger partial charge in [0.2, 0.25) is 0 Å². The van der Waals surface area contributed by atoms with Gasteiger partial charge in [-0.2, -0.15) is 5.10 Å². The van der Waals surface area contributed by atoms with Gasteiger partial charge in [0.05, 0.1) is 10.4 Å². The van der Waals surface area contributed by atoms with Crippen molar-refractivity contribution >= 4 is 16.6 Å². The Balaban J connectivity index is 2.24. The minimum Gasteiger partial charge on any atom is -0.277 e. The average Bonchev–Trinajstić information content (AvgIpc) is 2.81. The highest BCUT2D eigenvalue weighted by Crippen LogP contribution is 2.29. The van der Waals surface area contributed by atoms with Gasteiger partial charge in [0.15, 0.2) is 0 Å². The van der Waals surface area contributed by atoms with Crippen LogP contribution in [0.5, 0.6) is 0 Å². The summed E-state index contributed by atoms with van der Waals surface area (Å²) in [5.74, 6) is -0.376. The molecule has 5 nitrogen and oxygen atoms in total. The summed E-state index contributed by atoms with van der Waals surface area (Å²) < 4.78 is 13.2. The molecule has 1 aromatic heterocycles. The van der Waals surface area contributed by atoms with Gasteiger partial charge in [0, 0.05) is 23.1 Å². The molecule has 6 heteroatoms. The van der Waals surface area contributed by atoms with Crippen molar-refractivity contribution in [1.82, 2.24) is 10.2 Å². The summed E-state index contributed by atoms with van der Waals surface area (Å²) >= 11 is 0. The Morgan fingerprint density at radius 2 is 2.05 bits per heavy atom. The summed E-state index contributed by atoms with van der Waals surface area (Å²) in [6.07, 6.45) is 0. The lowest BCUT2D eigenvalue weighted by molar-refractivity contribution is -0.384. The zero-order valence-corrected chi connectivity index (χ0v) is 9.63. The van der Waals surface area contributed by atoms with E-state index in [-0.39, 0.29) is 11.5 Å². The number of rotatable bonds is 2. The third-order valence-electron chi connectivity index (χ3n) is 2.86. The van der Waals surface area contributed by atoms with Gasteiger partial charge in [0.25, 0.3) is 5.69 Å². The number of nitrogens with zero attached hydrogens (tertiary/aromatic N) is 2. The molecular formula is C13H8FN3O2. The standard InChI is InChI=1S/C13H8FN3O2/c14-9-3-1-2-8(6-9)13-11-7-10(17(18)19)4-5-12(11)15-16-13/h1-7H,(H,15,16). The van der Waals surface area contributed by atoms with Crippen LogP contribution in [0.2, 0.25) is 0 Å². The summed E-state index contributed by atoms with van der Waals surface area (Å²) in [5.41, 5.74) is 1.72. The molecule has 0 radical (unpaired) electrons. The van der Waals surface area contributed by atoms with Crippen molar-refractivity contribution in [3.05, 3.63) is 58.4 Å². The molecule has 0 aliphatic rings. The van der Waals surface area contributed by atoms with Crippen molar-refractivity contribution in [2.24, 2.45) is 0 Å². The van der Waals surface area contributed by atoms with Crippen molar-refractivity contribution in [2.45, 2.75) is 0 Å². The minimum absolute atomic E-state index is 0.0217. The molecule has 0 saturated heterocycles. The second kappa shape index (κ2) is 4.16. The number of aromatic nitrogens is 2. The number of H-pyrrole nitrogens is 1. The zero-order valence-electron chi connectivity index (χ0n) is 9.63. The van der Waals surface area contributed by atoms with E-state index in [0.717, 1.165) is 0 Å². The molecule has 2 aromatic carbocycles. The van der Waals surface area contributed by atoms with Crippen LogP contribution in [-0.4, -0.2) is 15.1 Å². The number of hydrogen-bond acceptors (Lipinski definition) is 3. The van der Waals surface area contributed by atoms with E-state index < -0.39 is 4.92 Å². The first kappa shape index (κ1) is 11.3. The molecule has 0 unspecified atom stereocenters. The van der Waals surface area contributed by atoms with Crippen LogP contribution in [0.4, 0.5) is 10.1 Å². The van der Waals surface area contributed by atoms with E-state index in [9.17, 15) is 14.5 Å². The molecule has 3 rings (SSSR count). The lowest BCUT2D eigenvalue weighted by Gasteiger charge is -1.98. The van der Waals surface area contributed by atoms with Gasteiger partial charge in [-0.25, -0.2) is 4.39 Å². The van der Waals surface area contributed by atoms with E-state index >= 15 is 0 Å². The van der Waals surface area contributed by atoms with Crippen LogP contribution in [-0.2, 0) is 0 Å². The number of nitro groups is 1. The molecule has 0 spiro atoms. The lowest BCUT2D eigenvalue weighted by atomic mass is 10.1. The number of non-ortho nitro benzene ring substituents is 1. The molecule has 0 bridgehead atoms. The summed E-state index contributed by atoms with van der Waals surface area (Å²) in [5, 5.41) is 18.3. The summed E-state index contributed by atoms with van der Waals surface area (Å²) in [7, 11) is 0. The molecule has 1 heterocycles. The van der Waals surface area contributed by atoms with Crippen LogP contribution < -0.4 is 0 Å². The van der Waals surface area contributed by atoms with Crippen LogP contribution in [0.15, 0.2) is 42.5 Å². The van der Waals surface area contributed by atoms with Gasteiger partial charge >= 0.3 is 0 Å². The predicted octanol–water partition coefficient (Wildman–Crippen LogP) is 3.28. The number of aromatic amines is 1. The number of nitro benzene ring substituents is 1. The first-order chi connectivity index (χ1) is 9.15. The highest BCUT2D eigenvalue weighted by molar-refractivity contribution is 5.94. The maximum atomic E-state index is 13.2. The molecule has 19 heavy (non-hydrogen) atoms. The summed E-state index contributed by atoms with van der Waals surface area (Å²) in [6.45, 7) is 0. The fraction of sp³-hybridized carbons (Fsp3) is 0. The molecule has 0 atom stereocenters. The second-order valence-electron chi connectivity index (χ2n) is 4.07. The van der Waals surface area contributed by atoms with E-state index in [1.54, 1.807) is 18.2 Å². The highest BCUT2D eigenvalue weighted by atomic mass is 19.1. The molecule has 0 aliphatic carbocycles. The quantitative estimate of drug-likeness (QED) is 0.565. The topological polar surface area (TPSA) is 71.8 Å². The van der Waals surface area contributed by atoms with Crippen LogP contribution in [0, 0.1) is 15.9 Å². The number of fused-ring (bicyclic) bond motifs is 1. The fourth-order valence-corrected chi connectivity index (χ4v) is 1.97. The van der Waals surface area contributed by atoms with Gasteiger partial charge in [-0.3, -0.25) is 15.2 Å². The molecule has 0 aliphatic heterocycles. The van der Waals surface area contributed by atoms with Crippen LogP contribution in [0.3, 0.4) is 0 Å². The number of halogens is 1. The Morgan fingerprint density at radius 3 is 2.79 bits per heavy atom. The van der Waals surface area contributed by atoms with Crippen LogP contribution in [0.1, 0.15) is 0 Å². The van der Waals surface area contributed by atoms with Gasteiger partial charge in [-0.1, -0.05) is 12.1 Å². The first-order valence-corrected chi connectivity index (χ1v) is 5.53. The fourth-order valence-electron chi connectivity index (χ4n) is 1.97. The van der Waals surface area contributed by atoms with Crippen molar-refractivity contribution in [3.63, 3.8) is 0 Å². The summed E-state index contributed by atoms with van der Waals surface area (Å²) in [4.78, 5) is 10.3. The third-order valence-corrected chi connectivity index (χ3v) is 2.86. The smallest absolute Gasteiger partial charge is 0.270 e. The van der Waals surface area contributed by atoms with E-state index in [2.05, 4.69) is 10.2 Å². The summed E-state index contributed by atoms with van der Waals surface area (Å²) in [6, 6.07) is 10.4. The Kier molecular flexibility index (Phi) is 2.49. The van der Waals surface area contributed by atoms with Gasteiger partial charge in [-0.15, -0.1) is 0 Å². The predicted molar refractivity (Wildman–Crippen MR) is 68.1 cm³/mol. The lowest BCUT2D eigenvalue weighted by Crippen LogP contribution is -1.87. The Labute approximate surface area is 106 Å². The van der Waals surface area contributed by atoms with E-state index in [0.29, 0.717) is 22.2 Å². The molecule has 0 amide bonds. The van der Waals surface area contributed by atoms with Crippen molar-refractivity contribution in [2.75, 3.05) is 0 Å². The first-order valence-electron chi connectivity index (χ1n) is 5.53.